The van der Waals surface area contributed by atoms with E-state index in [0.717, 1.165) is 59.0 Å². The number of esters is 1. The van der Waals surface area contributed by atoms with Crippen LogP contribution in [-0.2, 0) is 10.9 Å². The smallest absolute Gasteiger partial charge is 0.416 e. The summed E-state index contributed by atoms with van der Waals surface area (Å²) in [4.78, 5) is 17.3. The molecule has 5 aromatic carbocycles. The van der Waals surface area contributed by atoms with Gasteiger partial charge in [-0.15, -0.1) is 0 Å². The molecule has 0 fully saturated rings. The van der Waals surface area contributed by atoms with E-state index in [2.05, 4.69) is 43.9 Å². The summed E-state index contributed by atoms with van der Waals surface area (Å²) in [5.74, 6) is 0.942. The fourth-order valence-electron chi connectivity index (χ4n) is 6.39. The molecule has 246 valence electrons. The second-order valence-corrected chi connectivity index (χ2v) is 12.2. The zero-order valence-corrected chi connectivity index (χ0v) is 27.3. The van der Waals surface area contributed by atoms with Gasteiger partial charge < -0.3 is 19.3 Å². The first-order valence-corrected chi connectivity index (χ1v) is 16.0. The monoisotopic (exact) mass is 650 g/mol. The highest BCUT2D eigenvalue weighted by atomic mass is 19.4. The molecule has 1 atom stereocenters. The Hall–Kier alpha value is -5.24. The van der Waals surface area contributed by atoms with Gasteiger partial charge in [0, 0.05) is 59.0 Å². The van der Waals surface area contributed by atoms with Crippen LogP contribution in [0.15, 0.2) is 115 Å². The molecule has 1 aliphatic rings. The molecule has 0 spiro atoms. The Morgan fingerprint density at radius 1 is 0.750 bits per heavy atom. The van der Waals surface area contributed by atoms with E-state index in [9.17, 15) is 18.0 Å². The molecule has 6 rings (SSSR count). The molecule has 0 amide bonds. The number of carbonyl (C=O) groups is 1. The number of para-hydroxylation sites is 1. The van der Waals surface area contributed by atoms with Crippen LogP contribution in [-0.4, -0.2) is 26.2 Å². The Labute approximate surface area is 279 Å². The number of anilines is 4. The number of rotatable bonds is 9. The molecule has 48 heavy (non-hydrogen) atoms. The van der Waals surface area contributed by atoms with Crippen LogP contribution in [0.1, 0.15) is 59.3 Å². The number of alkyl halides is 3. The molecule has 5 nitrogen and oxygen atoms in total. The number of carbonyl (C=O) groups excluding carboxylic acids is 1. The van der Waals surface area contributed by atoms with Crippen LogP contribution in [0, 0.1) is 5.92 Å². The molecule has 0 aromatic heterocycles. The summed E-state index contributed by atoms with van der Waals surface area (Å²) in [6.45, 7) is 8.24. The molecule has 0 aliphatic carbocycles. The third kappa shape index (κ3) is 6.47. The number of nitrogens with zero attached hydrogens (tertiary/aromatic N) is 2. The summed E-state index contributed by atoms with van der Waals surface area (Å²) in [7, 11) is 1.37. The van der Waals surface area contributed by atoms with Gasteiger partial charge in [0.15, 0.2) is 0 Å². The van der Waals surface area contributed by atoms with E-state index in [4.69, 9.17) is 9.47 Å². The van der Waals surface area contributed by atoms with Crippen molar-refractivity contribution in [3.8, 4) is 11.5 Å². The van der Waals surface area contributed by atoms with Gasteiger partial charge in [-0.2, -0.15) is 13.2 Å². The van der Waals surface area contributed by atoms with Crippen molar-refractivity contribution in [2.75, 3.05) is 30.0 Å². The van der Waals surface area contributed by atoms with Crippen LogP contribution in [0.3, 0.4) is 0 Å². The molecule has 8 heteroatoms. The molecule has 0 bridgehead atoms. The third-order valence-electron chi connectivity index (χ3n) is 8.57. The Bertz CT molecular complexity index is 1910. The molecule has 0 radical (unpaired) electrons. The van der Waals surface area contributed by atoms with E-state index in [1.54, 1.807) is 6.07 Å². The Kier molecular flexibility index (Phi) is 9.18. The average molecular weight is 651 g/mol. The van der Waals surface area contributed by atoms with Crippen LogP contribution in [0.4, 0.5) is 35.9 Å². The van der Waals surface area contributed by atoms with Gasteiger partial charge in [-0.25, -0.2) is 4.79 Å². The second-order valence-electron chi connectivity index (χ2n) is 12.2. The summed E-state index contributed by atoms with van der Waals surface area (Å²) in [5.41, 5.74) is 5.28. The van der Waals surface area contributed by atoms with E-state index in [0.29, 0.717) is 28.7 Å². The van der Waals surface area contributed by atoms with Gasteiger partial charge in [0.2, 0.25) is 0 Å². The largest absolute Gasteiger partial charge is 0.465 e. The molecule has 5 aromatic rings. The number of hydrogen-bond acceptors (Lipinski definition) is 5. The molecule has 0 saturated carbocycles. The van der Waals surface area contributed by atoms with Crippen LogP contribution < -0.4 is 14.5 Å². The topological polar surface area (TPSA) is 42.0 Å². The number of hydrogen-bond donors (Lipinski definition) is 0. The highest BCUT2D eigenvalue weighted by Crippen LogP contribution is 2.51. The first kappa shape index (κ1) is 32.7. The standard InChI is InChI=1S/C40H37F3N2O3/c1-5-44(25-26(2)3)30-19-21-34-37(24-30)48-36-22-20-31(23-35(36)38(34)32-13-9-10-14-33(32)39(46)47-4)45(28-11-7-6-8-12-28)29-17-15-27(16-18-29)40(41,42)43/h6-24,26,38H,5,25H2,1-4H3. The summed E-state index contributed by atoms with van der Waals surface area (Å²) < 4.78 is 52.2. The van der Waals surface area contributed by atoms with E-state index in [-0.39, 0.29) is 0 Å². The summed E-state index contributed by atoms with van der Waals surface area (Å²) in [6.07, 6.45) is -4.45. The normalized spacial score (nSPS) is 13.7. The molecule has 1 heterocycles. The van der Waals surface area contributed by atoms with Gasteiger partial charge in [0.25, 0.3) is 0 Å². The highest BCUT2D eigenvalue weighted by molar-refractivity contribution is 5.92. The van der Waals surface area contributed by atoms with E-state index in [1.165, 1.54) is 19.2 Å². The highest BCUT2D eigenvalue weighted by Gasteiger charge is 2.34. The average Bonchev–Trinajstić information content (AvgIpc) is 3.09. The molecule has 1 aliphatic heterocycles. The lowest BCUT2D eigenvalue weighted by molar-refractivity contribution is -0.137. The minimum absolute atomic E-state index is 0.404. The van der Waals surface area contributed by atoms with Crippen molar-refractivity contribution >= 4 is 28.7 Å². The van der Waals surface area contributed by atoms with Crippen LogP contribution in [0.2, 0.25) is 0 Å². The summed E-state index contributed by atoms with van der Waals surface area (Å²) in [5, 5.41) is 0. The Morgan fingerprint density at radius 3 is 2.06 bits per heavy atom. The molecular formula is C40H37F3N2O3. The van der Waals surface area contributed by atoms with Crippen LogP contribution in [0.5, 0.6) is 11.5 Å². The van der Waals surface area contributed by atoms with Gasteiger partial charge >= 0.3 is 12.1 Å². The lowest BCUT2D eigenvalue weighted by Crippen LogP contribution is -2.27. The van der Waals surface area contributed by atoms with E-state index >= 15 is 0 Å². The maximum Gasteiger partial charge on any atom is 0.416 e. The van der Waals surface area contributed by atoms with Crippen LogP contribution >= 0.6 is 0 Å². The maximum atomic E-state index is 13.5. The zero-order valence-electron chi connectivity index (χ0n) is 27.3. The lowest BCUT2D eigenvalue weighted by atomic mass is 9.80. The first-order chi connectivity index (χ1) is 23.1. The van der Waals surface area contributed by atoms with Gasteiger partial charge in [0.1, 0.15) is 11.5 Å². The number of methoxy groups -OCH3 is 1. The summed E-state index contributed by atoms with van der Waals surface area (Å²) >= 11 is 0. The lowest BCUT2D eigenvalue weighted by Gasteiger charge is -2.33. The minimum Gasteiger partial charge on any atom is -0.465 e. The first-order valence-electron chi connectivity index (χ1n) is 16.0. The SMILES string of the molecule is CCN(CC(C)C)c1ccc2c(c1)Oc1ccc(N(c3ccccc3)c3ccc(C(F)(F)F)cc3)cc1C2c1ccccc1C(=O)OC. The fraction of sp³-hybridized carbons (Fsp3) is 0.225. The number of halogens is 3. The summed E-state index contributed by atoms with van der Waals surface area (Å²) in [6, 6.07) is 34.0. The Balaban J connectivity index is 1.53. The van der Waals surface area contributed by atoms with Crippen molar-refractivity contribution in [1.29, 1.82) is 0 Å². The Morgan fingerprint density at radius 2 is 1.40 bits per heavy atom. The van der Waals surface area contributed by atoms with Gasteiger partial charge in [-0.05, 0) is 85.1 Å². The van der Waals surface area contributed by atoms with E-state index < -0.39 is 23.6 Å². The van der Waals surface area contributed by atoms with Crippen molar-refractivity contribution in [1.82, 2.24) is 0 Å². The zero-order chi connectivity index (χ0) is 34.0. The van der Waals surface area contributed by atoms with Crippen molar-refractivity contribution < 1.29 is 27.4 Å². The number of benzene rings is 5. The second kappa shape index (κ2) is 13.5. The molecule has 0 saturated heterocycles. The third-order valence-corrected chi connectivity index (χ3v) is 8.57. The fourth-order valence-corrected chi connectivity index (χ4v) is 6.39. The number of ether oxygens (including phenoxy) is 2. The van der Waals surface area contributed by atoms with Crippen molar-refractivity contribution in [3.63, 3.8) is 0 Å². The van der Waals surface area contributed by atoms with Gasteiger partial charge in [0.05, 0.1) is 18.2 Å². The molecule has 1 unspecified atom stereocenters. The molecule has 0 N–H and O–H groups in total. The predicted molar refractivity (Wildman–Crippen MR) is 184 cm³/mol. The van der Waals surface area contributed by atoms with Crippen molar-refractivity contribution in [2.24, 2.45) is 5.92 Å². The minimum atomic E-state index is -4.45. The molecular weight excluding hydrogens is 613 g/mol. The maximum absolute atomic E-state index is 13.5. The number of fused-ring (bicyclic) bond motifs is 2. The van der Waals surface area contributed by atoms with Gasteiger partial charge in [-0.1, -0.05) is 56.3 Å². The predicted octanol–water partition coefficient (Wildman–Crippen LogP) is 10.7. The van der Waals surface area contributed by atoms with Gasteiger partial charge in [-0.3, -0.25) is 0 Å². The van der Waals surface area contributed by atoms with E-state index in [1.807, 2.05) is 71.6 Å². The van der Waals surface area contributed by atoms with Crippen molar-refractivity contribution in [2.45, 2.75) is 32.9 Å². The van der Waals surface area contributed by atoms with Crippen LogP contribution in [0.25, 0.3) is 0 Å². The van der Waals surface area contributed by atoms with Crippen molar-refractivity contribution in [3.05, 3.63) is 143 Å². The quantitative estimate of drug-likeness (QED) is 0.146.